The fourth-order valence-corrected chi connectivity index (χ4v) is 5.73. The van der Waals surface area contributed by atoms with E-state index in [2.05, 4.69) is 41.6 Å². The molecule has 2 fully saturated rings. The summed E-state index contributed by atoms with van der Waals surface area (Å²) in [6.07, 6.45) is 3.62. The van der Waals surface area contributed by atoms with Crippen molar-refractivity contribution in [3.8, 4) is 11.6 Å². The molecule has 0 unspecified atom stereocenters. The van der Waals surface area contributed by atoms with Gasteiger partial charge < -0.3 is 19.6 Å². The number of hydrogen-bond donors (Lipinski definition) is 1. The van der Waals surface area contributed by atoms with Crippen LogP contribution in [0.25, 0.3) is 0 Å². The fourth-order valence-electron chi connectivity index (χ4n) is 5.53. The average Bonchev–Trinajstić information content (AvgIpc) is 3.28. The third kappa shape index (κ3) is 6.24. The molecule has 0 radical (unpaired) electrons. The third-order valence-electron chi connectivity index (χ3n) is 7.66. The third-order valence-corrected chi connectivity index (χ3v) is 7.90. The molecule has 210 valence electrons. The molecule has 2 aromatic carbocycles. The van der Waals surface area contributed by atoms with Crippen molar-refractivity contribution < 1.29 is 19.4 Å². The van der Waals surface area contributed by atoms with E-state index >= 15 is 0 Å². The number of ether oxygens (including phenoxy) is 1. The summed E-state index contributed by atoms with van der Waals surface area (Å²) in [6.45, 7) is 9.48. The Bertz CT molecular complexity index is 1350. The number of amides is 2. The van der Waals surface area contributed by atoms with Crippen LogP contribution in [0, 0.1) is 0 Å². The lowest BCUT2D eigenvalue weighted by Crippen LogP contribution is -2.49. The highest BCUT2D eigenvalue weighted by molar-refractivity contribution is 6.30. The molecule has 1 atom stereocenters. The number of carboxylic acid groups (broad SMARTS) is 1. The zero-order valence-electron chi connectivity index (χ0n) is 23.1. The molecule has 5 rings (SSSR count). The molecule has 0 bridgehead atoms. The number of halogens is 1. The molecule has 9 heteroatoms. The average molecular weight is 563 g/mol. The topological polar surface area (TPSA) is 86.2 Å². The van der Waals surface area contributed by atoms with Crippen molar-refractivity contribution in [2.45, 2.75) is 57.8 Å². The maximum absolute atomic E-state index is 13.7. The summed E-state index contributed by atoms with van der Waals surface area (Å²) in [6, 6.07) is 18.2. The number of carbonyl (C=O) groups excluding carboxylic acids is 1. The SMILES string of the molecule is CC(C)(C)N1C[C@@H](c2cccc(Cl)c2)N(C2CCN(Cc3ccc(Oc4ccc(C(=O)O)cc4)nc3)CC2)C1=O. The number of nitrogens with zero attached hydrogens (tertiary/aromatic N) is 4. The summed E-state index contributed by atoms with van der Waals surface area (Å²) < 4.78 is 5.76. The molecule has 2 saturated heterocycles. The van der Waals surface area contributed by atoms with Gasteiger partial charge >= 0.3 is 12.0 Å². The molecule has 40 heavy (non-hydrogen) atoms. The van der Waals surface area contributed by atoms with Crippen molar-refractivity contribution in [1.29, 1.82) is 0 Å². The van der Waals surface area contributed by atoms with Crippen LogP contribution >= 0.6 is 11.6 Å². The van der Waals surface area contributed by atoms with E-state index in [1.807, 2.05) is 41.4 Å². The van der Waals surface area contributed by atoms with Crippen LogP contribution in [0.3, 0.4) is 0 Å². The number of piperidine rings is 1. The van der Waals surface area contributed by atoms with E-state index in [1.165, 1.54) is 12.1 Å². The Morgan fingerprint density at radius 2 is 1.80 bits per heavy atom. The smallest absolute Gasteiger partial charge is 0.335 e. The van der Waals surface area contributed by atoms with E-state index < -0.39 is 5.97 Å². The summed E-state index contributed by atoms with van der Waals surface area (Å²) >= 11 is 6.33. The van der Waals surface area contributed by atoms with E-state index in [1.54, 1.807) is 12.1 Å². The van der Waals surface area contributed by atoms with Gasteiger partial charge in [0.05, 0.1) is 11.6 Å². The van der Waals surface area contributed by atoms with Crippen molar-refractivity contribution in [3.05, 3.63) is 88.6 Å². The van der Waals surface area contributed by atoms with Crippen LogP contribution in [0.2, 0.25) is 5.02 Å². The second kappa shape index (κ2) is 11.5. The Morgan fingerprint density at radius 3 is 2.40 bits per heavy atom. The largest absolute Gasteiger partial charge is 0.478 e. The minimum absolute atomic E-state index is 0.0148. The number of aromatic nitrogens is 1. The molecule has 0 spiro atoms. The molecule has 3 aromatic rings. The predicted octanol–water partition coefficient (Wildman–Crippen LogP) is 6.47. The lowest BCUT2D eigenvalue weighted by Gasteiger charge is -2.39. The number of likely N-dealkylation sites (tertiary alicyclic amines) is 1. The number of benzene rings is 2. The van der Waals surface area contributed by atoms with Crippen LogP contribution in [-0.4, -0.2) is 68.0 Å². The van der Waals surface area contributed by atoms with Crippen molar-refractivity contribution in [3.63, 3.8) is 0 Å². The van der Waals surface area contributed by atoms with Gasteiger partial charge in [-0.15, -0.1) is 0 Å². The highest BCUT2D eigenvalue weighted by Gasteiger charge is 2.46. The van der Waals surface area contributed by atoms with Crippen LogP contribution in [0.4, 0.5) is 4.79 Å². The van der Waals surface area contributed by atoms with Crippen molar-refractivity contribution in [1.82, 2.24) is 19.7 Å². The minimum atomic E-state index is -0.974. The Hall–Kier alpha value is -3.62. The lowest BCUT2D eigenvalue weighted by molar-refractivity contribution is 0.0696. The summed E-state index contributed by atoms with van der Waals surface area (Å²) in [5.74, 6) is 0.0105. The van der Waals surface area contributed by atoms with Crippen molar-refractivity contribution in [2.75, 3.05) is 19.6 Å². The van der Waals surface area contributed by atoms with Gasteiger partial charge in [0.25, 0.3) is 0 Å². The molecule has 2 aliphatic rings. The van der Waals surface area contributed by atoms with Crippen LogP contribution < -0.4 is 4.74 Å². The normalized spacial score (nSPS) is 18.8. The minimum Gasteiger partial charge on any atom is -0.478 e. The number of rotatable bonds is 7. The molecule has 0 aliphatic carbocycles. The van der Waals surface area contributed by atoms with Gasteiger partial charge in [0.15, 0.2) is 0 Å². The molecule has 0 saturated carbocycles. The van der Waals surface area contributed by atoms with Crippen LogP contribution in [0.5, 0.6) is 11.6 Å². The van der Waals surface area contributed by atoms with E-state index in [0.29, 0.717) is 23.2 Å². The van der Waals surface area contributed by atoms with Gasteiger partial charge in [0.2, 0.25) is 5.88 Å². The molecule has 2 amide bonds. The van der Waals surface area contributed by atoms with Crippen LogP contribution in [0.15, 0.2) is 66.9 Å². The molecular weight excluding hydrogens is 528 g/mol. The highest BCUT2D eigenvalue weighted by atomic mass is 35.5. The summed E-state index contributed by atoms with van der Waals surface area (Å²) in [7, 11) is 0. The van der Waals surface area contributed by atoms with Gasteiger partial charge in [-0.2, -0.15) is 0 Å². The van der Waals surface area contributed by atoms with Crippen molar-refractivity contribution in [2.24, 2.45) is 0 Å². The van der Waals surface area contributed by atoms with Gasteiger partial charge in [0, 0.05) is 55.0 Å². The Morgan fingerprint density at radius 1 is 1.07 bits per heavy atom. The van der Waals surface area contributed by atoms with E-state index in [9.17, 15) is 9.59 Å². The zero-order chi connectivity index (χ0) is 28.4. The highest BCUT2D eigenvalue weighted by Crippen LogP contribution is 2.38. The van der Waals surface area contributed by atoms with Gasteiger partial charge in [-0.25, -0.2) is 14.6 Å². The first-order valence-electron chi connectivity index (χ1n) is 13.6. The van der Waals surface area contributed by atoms with Gasteiger partial charge in [-0.05, 0) is 81.1 Å². The number of urea groups is 1. The molecule has 3 heterocycles. The number of hydrogen-bond acceptors (Lipinski definition) is 5. The van der Waals surface area contributed by atoms with Crippen molar-refractivity contribution >= 4 is 23.6 Å². The molecule has 2 aliphatic heterocycles. The number of aromatic carboxylic acids is 1. The first-order valence-corrected chi connectivity index (χ1v) is 14.0. The Balaban J connectivity index is 1.20. The van der Waals surface area contributed by atoms with E-state index in [0.717, 1.165) is 43.6 Å². The van der Waals surface area contributed by atoms with Gasteiger partial charge in [0.1, 0.15) is 5.75 Å². The first kappa shape index (κ1) is 27.9. The molecule has 1 aromatic heterocycles. The summed E-state index contributed by atoms with van der Waals surface area (Å²) in [5, 5.41) is 9.73. The maximum Gasteiger partial charge on any atom is 0.335 e. The van der Waals surface area contributed by atoms with E-state index in [-0.39, 0.29) is 29.2 Å². The summed E-state index contributed by atoms with van der Waals surface area (Å²) in [5.41, 5.74) is 2.12. The predicted molar refractivity (Wildman–Crippen MR) is 154 cm³/mol. The molecular formula is C31H35ClN4O4. The van der Waals surface area contributed by atoms with Crippen LogP contribution in [0.1, 0.15) is 61.1 Å². The number of carbonyl (C=O) groups is 2. The Labute approximate surface area is 240 Å². The Kier molecular flexibility index (Phi) is 8.01. The lowest BCUT2D eigenvalue weighted by atomic mass is 9.98. The maximum atomic E-state index is 13.7. The monoisotopic (exact) mass is 562 g/mol. The summed E-state index contributed by atoms with van der Waals surface area (Å²) in [4.78, 5) is 35.6. The number of carboxylic acids is 1. The van der Waals surface area contributed by atoms with Gasteiger partial charge in [-0.3, -0.25) is 4.90 Å². The second-order valence-electron chi connectivity index (χ2n) is 11.5. The van der Waals surface area contributed by atoms with Gasteiger partial charge in [-0.1, -0.05) is 29.8 Å². The van der Waals surface area contributed by atoms with E-state index in [4.69, 9.17) is 21.4 Å². The first-order chi connectivity index (χ1) is 19.1. The van der Waals surface area contributed by atoms with Crippen LogP contribution in [-0.2, 0) is 6.54 Å². The fraction of sp³-hybridized carbons (Fsp3) is 0.387. The zero-order valence-corrected chi connectivity index (χ0v) is 23.8. The quantitative estimate of drug-likeness (QED) is 0.355. The molecule has 8 nitrogen and oxygen atoms in total. The molecule has 1 N–H and O–H groups in total. The standard InChI is InChI=1S/C31H35ClN4O4/c1-31(2,3)35-20-27(23-5-4-6-24(32)17-23)36(30(35)39)25-13-15-34(16-14-25)19-21-7-12-28(33-18-21)40-26-10-8-22(9-11-26)29(37)38/h4-12,17-18,25,27H,13-16,19-20H2,1-3H3,(H,37,38)/t27-/m0/s1. The number of pyridine rings is 1. The second-order valence-corrected chi connectivity index (χ2v) is 11.9.